The van der Waals surface area contributed by atoms with Gasteiger partial charge >= 0.3 is 0 Å². The van der Waals surface area contributed by atoms with Crippen molar-refractivity contribution < 1.29 is 0 Å². The maximum Gasteiger partial charge on any atom is 0.0118 e. The van der Waals surface area contributed by atoms with Crippen molar-refractivity contribution in [1.29, 1.82) is 0 Å². The molecule has 0 amide bonds. The van der Waals surface area contributed by atoms with Gasteiger partial charge in [-0.2, -0.15) is 0 Å². The number of thiol groups is 1. The average molecular weight is 591 g/mol. The zero-order chi connectivity index (χ0) is 31.6. The quantitative estimate of drug-likeness (QED) is 0.162. The van der Waals surface area contributed by atoms with E-state index in [4.69, 9.17) is 19.2 Å². The Bertz CT molecular complexity index is 1140. The number of hydrogen-bond donors (Lipinski definition) is 1. The van der Waals surface area contributed by atoms with Gasteiger partial charge in [-0.1, -0.05) is 119 Å². The number of fused-ring (bicyclic) bond motifs is 5. The van der Waals surface area contributed by atoms with Gasteiger partial charge in [0.05, 0.1) is 0 Å². The molecule has 4 aliphatic rings. The van der Waals surface area contributed by atoms with Crippen molar-refractivity contribution in [3.63, 3.8) is 0 Å². The number of rotatable bonds is 8. The van der Waals surface area contributed by atoms with Crippen LogP contribution in [0.15, 0.2) is 60.1 Å². The van der Waals surface area contributed by atoms with Crippen LogP contribution in [0.5, 0.6) is 0 Å². The van der Waals surface area contributed by atoms with Crippen LogP contribution in [0.1, 0.15) is 140 Å². The molecule has 0 heterocycles. The molecule has 0 spiro atoms. The topological polar surface area (TPSA) is 0 Å². The highest BCUT2D eigenvalue weighted by atomic mass is 32.1. The fourth-order valence-corrected chi connectivity index (χ4v) is 12.4. The molecule has 0 aromatic rings. The van der Waals surface area contributed by atoms with Gasteiger partial charge in [-0.15, -0.1) is 19.2 Å². The molecule has 0 aromatic heterocycles. The second kappa shape index (κ2) is 11.1. The molecular weight excluding hydrogens is 525 g/mol. The number of hydrogen-bond acceptors (Lipinski definition) is 1. The van der Waals surface area contributed by atoms with E-state index in [1.165, 1.54) is 76.2 Å². The van der Waals surface area contributed by atoms with E-state index in [0.717, 1.165) is 4.91 Å². The van der Waals surface area contributed by atoms with Gasteiger partial charge in [0.2, 0.25) is 0 Å². The normalized spacial score (nSPS) is 42.5. The van der Waals surface area contributed by atoms with E-state index in [9.17, 15) is 0 Å². The molecule has 1 heteroatoms. The molecule has 0 aromatic carbocycles. The van der Waals surface area contributed by atoms with Crippen LogP contribution < -0.4 is 0 Å². The van der Waals surface area contributed by atoms with E-state index < -0.39 is 0 Å². The molecule has 0 saturated heterocycles. The molecule has 8 atom stereocenters. The van der Waals surface area contributed by atoms with Crippen molar-refractivity contribution in [2.75, 3.05) is 0 Å². The van der Waals surface area contributed by atoms with Crippen molar-refractivity contribution in [2.45, 2.75) is 140 Å². The lowest BCUT2D eigenvalue weighted by molar-refractivity contribution is -0.208. The van der Waals surface area contributed by atoms with Crippen LogP contribution in [0.3, 0.4) is 0 Å². The molecule has 0 nitrogen and oxygen atoms in total. The summed E-state index contributed by atoms with van der Waals surface area (Å²) in [5, 5.41) is 0. The third-order valence-electron chi connectivity index (χ3n) is 14.3. The molecule has 0 bridgehead atoms. The molecule has 3 saturated carbocycles. The van der Waals surface area contributed by atoms with E-state index in [1.54, 1.807) is 5.57 Å². The fourth-order valence-electron chi connectivity index (χ4n) is 12.2. The summed E-state index contributed by atoms with van der Waals surface area (Å²) in [5.41, 5.74) is 4.47. The first-order valence-electron chi connectivity index (χ1n) is 17.4. The highest BCUT2D eigenvalue weighted by molar-refractivity contribution is 7.84. The monoisotopic (exact) mass is 590 g/mol. The van der Waals surface area contributed by atoms with Crippen molar-refractivity contribution >= 4 is 12.6 Å². The van der Waals surface area contributed by atoms with E-state index in [-0.39, 0.29) is 27.1 Å². The van der Waals surface area contributed by atoms with Crippen molar-refractivity contribution in [3.8, 4) is 0 Å². The van der Waals surface area contributed by atoms with Crippen LogP contribution in [-0.2, 0) is 0 Å². The largest absolute Gasteiger partial charge is 0.144 e. The Morgan fingerprint density at radius 3 is 2.26 bits per heavy atom. The first-order valence-corrected chi connectivity index (χ1v) is 17.9. The molecule has 236 valence electrons. The lowest BCUT2D eigenvalue weighted by Gasteiger charge is -2.74. The Morgan fingerprint density at radius 2 is 1.69 bits per heavy atom. The van der Waals surface area contributed by atoms with E-state index in [1.807, 2.05) is 6.08 Å². The summed E-state index contributed by atoms with van der Waals surface area (Å²) in [6.45, 7) is 38.6. The third-order valence-corrected chi connectivity index (χ3v) is 14.6. The number of allylic oxidation sites excluding steroid dienone is 6. The van der Waals surface area contributed by atoms with Gasteiger partial charge < -0.3 is 0 Å². The lowest BCUT2D eigenvalue weighted by Crippen LogP contribution is -2.67. The van der Waals surface area contributed by atoms with Crippen LogP contribution in [0, 0.1) is 55.7 Å². The molecule has 3 fully saturated rings. The molecule has 0 radical (unpaired) electrons. The minimum absolute atomic E-state index is 0.0676. The summed E-state index contributed by atoms with van der Waals surface area (Å²) in [6, 6.07) is 0. The summed E-state index contributed by atoms with van der Waals surface area (Å²) >= 11 is 4.94. The summed E-state index contributed by atoms with van der Waals surface area (Å²) in [6.07, 6.45) is 23.7. The highest BCUT2D eigenvalue weighted by Gasteiger charge is 2.71. The predicted octanol–water partition coefficient (Wildman–Crippen LogP) is 13.0. The highest BCUT2D eigenvalue weighted by Crippen LogP contribution is 2.80. The van der Waals surface area contributed by atoms with Crippen molar-refractivity contribution in [2.24, 2.45) is 55.7 Å². The Morgan fingerprint density at radius 1 is 1.02 bits per heavy atom. The molecule has 42 heavy (non-hydrogen) atoms. The Balaban J connectivity index is 1.99. The van der Waals surface area contributed by atoms with Gasteiger partial charge in [0.25, 0.3) is 0 Å². The average Bonchev–Trinajstić information content (AvgIpc) is 2.88. The first-order chi connectivity index (χ1) is 19.3. The van der Waals surface area contributed by atoms with Crippen LogP contribution in [0.4, 0.5) is 0 Å². The molecule has 8 unspecified atom stereocenters. The SMILES string of the molecule is C=C/C(S)=C\C1(C)C2=CC(=C)C3(C)C(CCC4(CCC(C)C=C)CCC(C)(C)CC43C)C2(CCC)CCC1C(C)(C)C. The molecule has 4 aliphatic carbocycles. The van der Waals surface area contributed by atoms with E-state index in [2.05, 4.69) is 101 Å². The van der Waals surface area contributed by atoms with Crippen LogP contribution >= 0.6 is 12.6 Å². The Labute approximate surface area is 267 Å². The maximum absolute atomic E-state index is 5.08. The molecular formula is C41H66S. The van der Waals surface area contributed by atoms with Crippen LogP contribution in [-0.4, -0.2) is 0 Å². The second-order valence-electron chi connectivity index (χ2n) is 18.0. The smallest absolute Gasteiger partial charge is 0.0118 e. The third kappa shape index (κ3) is 4.93. The van der Waals surface area contributed by atoms with Gasteiger partial charge in [0.15, 0.2) is 0 Å². The molecule has 4 rings (SSSR count). The van der Waals surface area contributed by atoms with Crippen molar-refractivity contribution in [3.05, 3.63) is 60.1 Å². The van der Waals surface area contributed by atoms with Gasteiger partial charge in [0, 0.05) is 15.7 Å². The first kappa shape index (κ1) is 33.9. The van der Waals surface area contributed by atoms with Crippen molar-refractivity contribution in [1.82, 2.24) is 0 Å². The summed E-state index contributed by atoms with van der Waals surface area (Å²) < 4.78 is 0. The minimum Gasteiger partial charge on any atom is -0.144 e. The minimum atomic E-state index is -0.0676. The second-order valence-corrected chi connectivity index (χ2v) is 18.5. The summed E-state index contributed by atoms with van der Waals surface area (Å²) in [4.78, 5) is 1.01. The standard InChI is InChI=1S/C41H66S/c1-14-20-41-23-19-32(35(6,7)8)37(11,27-31(42)16-3)34(41)26-30(5)39(13)33(41)18-22-40(21-17-29(4)15-2)25-24-36(9,10)28-38(39,40)12/h15-16,26-27,29,32-33,42H,2-3,5,14,17-25,28H2,1,4,6-13H3/b31-27+. The zero-order valence-electron chi connectivity index (χ0n) is 29.4. The zero-order valence-corrected chi connectivity index (χ0v) is 30.3. The van der Waals surface area contributed by atoms with E-state index in [0.29, 0.717) is 28.6 Å². The van der Waals surface area contributed by atoms with Gasteiger partial charge in [0.1, 0.15) is 0 Å². The predicted molar refractivity (Wildman–Crippen MR) is 190 cm³/mol. The lowest BCUT2D eigenvalue weighted by atomic mass is 9.29. The van der Waals surface area contributed by atoms with Gasteiger partial charge in [-0.3, -0.25) is 0 Å². The van der Waals surface area contributed by atoms with Crippen LogP contribution in [0.2, 0.25) is 0 Å². The van der Waals surface area contributed by atoms with Crippen LogP contribution in [0.25, 0.3) is 0 Å². The summed E-state index contributed by atoms with van der Waals surface area (Å²) in [5.74, 6) is 1.76. The Kier molecular flexibility index (Phi) is 9.00. The molecule has 0 N–H and O–H groups in total. The fraction of sp³-hybridized carbons (Fsp3) is 0.756. The van der Waals surface area contributed by atoms with Gasteiger partial charge in [-0.25, -0.2) is 0 Å². The maximum atomic E-state index is 5.08. The van der Waals surface area contributed by atoms with Gasteiger partial charge in [-0.05, 0) is 115 Å². The molecule has 0 aliphatic heterocycles. The summed E-state index contributed by atoms with van der Waals surface area (Å²) in [7, 11) is 0. The Hall–Kier alpha value is -0.950. The van der Waals surface area contributed by atoms with E-state index >= 15 is 0 Å².